The Labute approximate surface area is 112 Å². The van der Waals surface area contributed by atoms with Gasteiger partial charge in [-0.3, -0.25) is 4.90 Å². The second-order valence-electron chi connectivity index (χ2n) is 4.94. The van der Waals surface area contributed by atoms with E-state index in [4.69, 9.17) is 14.2 Å². The number of hydrogen-bond acceptors (Lipinski definition) is 5. The van der Waals surface area contributed by atoms with E-state index < -0.39 is 0 Å². The number of morpholine rings is 1. The number of aromatic hydroxyl groups is 1. The highest BCUT2D eigenvalue weighted by Gasteiger charge is 2.24. The molecular weight excluding hydrogens is 246 g/mol. The van der Waals surface area contributed by atoms with Gasteiger partial charge in [-0.05, 0) is 12.5 Å². The van der Waals surface area contributed by atoms with E-state index in [1.54, 1.807) is 6.07 Å². The smallest absolute Gasteiger partial charge is 0.231 e. The third-order valence-corrected chi connectivity index (χ3v) is 3.77. The molecule has 3 rings (SSSR count). The van der Waals surface area contributed by atoms with Gasteiger partial charge in [0.15, 0.2) is 11.5 Å². The van der Waals surface area contributed by atoms with E-state index in [0.717, 1.165) is 31.7 Å². The fourth-order valence-corrected chi connectivity index (χ4v) is 2.59. The lowest BCUT2D eigenvalue weighted by molar-refractivity contribution is -0.0130. The molecule has 104 valence electrons. The van der Waals surface area contributed by atoms with Crippen molar-refractivity contribution in [1.82, 2.24) is 4.90 Å². The van der Waals surface area contributed by atoms with Crippen molar-refractivity contribution in [3.8, 4) is 17.2 Å². The fraction of sp³-hybridized carbons (Fsp3) is 0.571. The molecule has 5 heteroatoms. The predicted octanol–water partition coefficient (Wildman–Crippen LogP) is 1.73. The normalized spacial score (nSPS) is 22.7. The van der Waals surface area contributed by atoms with Gasteiger partial charge in [-0.2, -0.15) is 0 Å². The highest BCUT2D eigenvalue weighted by molar-refractivity contribution is 5.51. The molecule has 1 fully saturated rings. The summed E-state index contributed by atoms with van der Waals surface area (Å²) in [6.45, 7) is 5.51. The third kappa shape index (κ3) is 2.48. The lowest BCUT2D eigenvalue weighted by Gasteiger charge is -2.35. The third-order valence-electron chi connectivity index (χ3n) is 3.77. The second-order valence-corrected chi connectivity index (χ2v) is 4.94. The van der Waals surface area contributed by atoms with E-state index in [2.05, 4.69) is 11.8 Å². The van der Waals surface area contributed by atoms with Crippen LogP contribution in [-0.4, -0.2) is 42.6 Å². The molecule has 5 nitrogen and oxygen atoms in total. The number of hydrogen-bond donors (Lipinski definition) is 1. The Morgan fingerprint density at radius 1 is 1.32 bits per heavy atom. The number of rotatable bonds is 3. The monoisotopic (exact) mass is 265 g/mol. The highest BCUT2D eigenvalue weighted by Crippen LogP contribution is 2.38. The van der Waals surface area contributed by atoms with E-state index in [1.165, 1.54) is 0 Å². The topological polar surface area (TPSA) is 51.2 Å². The molecule has 0 saturated carbocycles. The molecular formula is C14H19NO4. The van der Waals surface area contributed by atoms with Crippen LogP contribution in [0.25, 0.3) is 0 Å². The molecule has 2 aliphatic rings. The molecule has 2 heterocycles. The maximum atomic E-state index is 10.1. The van der Waals surface area contributed by atoms with Crippen LogP contribution in [0.1, 0.15) is 18.9 Å². The van der Waals surface area contributed by atoms with E-state index in [9.17, 15) is 5.11 Å². The van der Waals surface area contributed by atoms with Gasteiger partial charge in [0.1, 0.15) is 5.75 Å². The molecule has 0 spiro atoms. The van der Waals surface area contributed by atoms with Gasteiger partial charge in [0.2, 0.25) is 6.79 Å². The van der Waals surface area contributed by atoms with Crippen LogP contribution in [0.2, 0.25) is 0 Å². The van der Waals surface area contributed by atoms with Crippen LogP contribution in [0.4, 0.5) is 0 Å². The summed E-state index contributed by atoms with van der Waals surface area (Å²) >= 11 is 0. The van der Waals surface area contributed by atoms with Gasteiger partial charge in [0.05, 0.1) is 13.2 Å². The minimum absolute atomic E-state index is 0.230. The first-order valence-electron chi connectivity index (χ1n) is 6.71. The Morgan fingerprint density at radius 3 is 2.89 bits per heavy atom. The zero-order valence-electron chi connectivity index (χ0n) is 11.1. The zero-order chi connectivity index (χ0) is 13.2. The Bertz CT molecular complexity index is 463. The summed E-state index contributed by atoms with van der Waals surface area (Å²) in [7, 11) is 0. The van der Waals surface area contributed by atoms with Crippen LogP contribution in [0.15, 0.2) is 12.1 Å². The number of nitrogens with zero attached hydrogens (tertiary/aromatic N) is 1. The summed E-state index contributed by atoms with van der Waals surface area (Å²) in [6, 6.07) is 3.93. The van der Waals surface area contributed by atoms with Crippen molar-refractivity contribution in [2.24, 2.45) is 0 Å². The maximum Gasteiger partial charge on any atom is 0.231 e. The van der Waals surface area contributed by atoms with Crippen molar-refractivity contribution in [2.75, 3.05) is 26.6 Å². The Morgan fingerprint density at radius 2 is 2.11 bits per heavy atom. The van der Waals surface area contributed by atoms with Gasteiger partial charge < -0.3 is 19.3 Å². The number of benzene rings is 1. The first-order chi connectivity index (χ1) is 9.28. The number of phenolic OH excluding ortho intramolecular Hbond substituents is 1. The minimum Gasteiger partial charge on any atom is -0.507 e. The van der Waals surface area contributed by atoms with Gasteiger partial charge in [-0.25, -0.2) is 0 Å². The highest BCUT2D eigenvalue weighted by atomic mass is 16.7. The van der Waals surface area contributed by atoms with Gasteiger partial charge in [-0.15, -0.1) is 0 Å². The van der Waals surface area contributed by atoms with E-state index in [-0.39, 0.29) is 12.5 Å². The molecule has 1 unspecified atom stereocenters. The van der Waals surface area contributed by atoms with Crippen molar-refractivity contribution in [2.45, 2.75) is 25.9 Å². The minimum atomic E-state index is 0.230. The summed E-state index contributed by atoms with van der Waals surface area (Å²) in [5.74, 6) is 1.61. The van der Waals surface area contributed by atoms with Crippen LogP contribution in [0.3, 0.4) is 0 Å². The van der Waals surface area contributed by atoms with Crippen LogP contribution in [-0.2, 0) is 11.3 Å². The summed E-state index contributed by atoms with van der Waals surface area (Å²) in [6.07, 6.45) is 1.05. The van der Waals surface area contributed by atoms with Crippen LogP contribution < -0.4 is 9.47 Å². The van der Waals surface area contributed by atoms with Gasteiger partial charge in [0, 0.05) is 30.8 Å². The van der Waals surface area contributed by atoms with Gasteiger partial charge >= 0.3 is 0 Å². The number of fused-ring (bicyclic) bond motifs is 1. The average Bonchev–Trinajstić information content (AvgIpc) is 2.87. The molecule has 0 bridgehead atoms. The summed E-state index contributed by atoms with van der Waals surface area (Å²) in [4.78, 5) is 2.35. The molecule has 19 heavy (non-hydrogen) atoms. The molecule has 1 aromatic carbocycles. The molecule has 2 aliphatic heterocycles. The number of ether oxygens (including phenoxy) is 3. The van der Waals surface area contributed by atoms with Crippen LogP contribution in [0.5, 0.6) is 17.2 Å². The fourth-order valence-electron chi connectivity index (χ4n) is 2.59. The Balaban J connectivity index is 1.78. The van der Waals surface area contributed by atoms with Crippen LogP contribution >= 0.6 is 0 Å². The standard InChI is InChI=1S/C14H19NO4/c1-2-11-8-17-4-3-15(11)7-10-5-13-14(6-12(10)16)19-9-18-13/h5-6,11,16H,2-4,7-9H2,1H3. The Hall–Kier alpha value is -1.46. The second kappa shape index (κ2) is 5.27. The lowest BCUT2D eigenvalue weighted by Crippen LogP contribution is -2.44. The number of phenols is 1. The molecule has 1 aromatic rings. The van der Waals surface area contributed by atoms with Crippen molar-refractivity contribution >= 4 is 0 Å². The predicted molar refractivity (Wildman–Crippen MR) is 69.5 cm³/mol. The van der Waals surface area contributed by atoms with Crippen molar-refractivity contribution < 1.29 is 19.3 Å². The molecule has 0 amide bonds. The zero-order valence-corrected chi connectivity index (χ0v) is 11.1. The van der Waals surface area contributed by atoms with E-state index in [1.807, 2.05) is 6.07 Å². The largest absolute Gasteiger partial charge is 0.507 e. The van der Waals surface area contributed by atoms with Crippen molar-refractivity contribution in [1.29, 1.82) is 0 Å². The Kier molecular flexibility index (Phi) is 3.48. The van der Waals surface area contributed by atoms with Gasteiger partial charge in [-0.1, -0.05) is 6.92 Å². The SMILES string of the molecule is CCC1COCCN1Cc1cc2c(cc1O)OCO2. The quantitative estimate of drug-likeness (QED) is 0.902. The van der Waals surface area contributed by atoms with E-state index in [0.29, 0.717) is 24.1 Å². The summed E-state index contributed by atoms with van der Waals surface area (Å²) < 4.78 is 16.1. The van der Waals surface area contributed by atoms with Gasteiger partial charge in [0.25, 0.3) is 0 Å². The molecule has 1 saturated heterocycles. The van der Waals surface area contributed by atoms with Crippen molar-refractivity contribution in [3.05, 3.63) is 17.7 Å². The molecule has 0 radical (unpaired) electrons. The maximum absolute atomic E-state index is 10.1. The molecule has 0 aromatic heterocycles. The first kappa shape index (κ1) is 12.6. The summed E-state index contributed by atoms with van der Waals surface area (Å²) in [5, 5.41) is 10.1. The van der Waals surface area contributed by atoms with Crippen LogP contribution in [0, 0.1) is 0 Å². The average molecular weight is 265 g/mol. The lowest BCUT2D eigenvalue weighted by atomic mass is 10.1. The molecule has 0 aliphatic carbocycles. The first-order valence-corrected chi connectivity index (χ1v) is 6.71. The van der Waals surface area contributed by atoms with E-state index >= 15 is 0 Å². The molecule has 1 N–H and O–H groups in total. The summed E-state index contributed by atoms with van der Waals surface area (Å²) in [5.41, 5.74) is 0.879. The van der Waals surface area contributed by atoms with Crippen molar-refractivity contribution in [3.63, 3.8) is 0 Å². The molecule has 1 atom stereocenters.